The van der Waals surface area contributed by atoms with Gasteiger partial charge in [0, 0.05) is 29.9 Å². The molecule has 4 unspecified atom stereocenters. The molecule has 11 N–H and O–H groups in total. The molecule has 0 aliphatic heterocycles. The number of rotatable bonds is 15. The van der Waals surface area contributed by atoms with Crippen molar-refractivity contribution in [3.8, 4) is 11.5 Å². The molecule has 0 spiro atoms. The van der Waals surface area contributed by atoms with Crippen LogP contribution in [0.2, 0.25) is 0 Å². The highest BCUT2D eigenvalue weighted by Crippen LogP contribution is 2.20. The van der Waals surface area contributed by atoms with E-state index in [0.29, 0.717) is 16.7 Å². The first-order valence-electron chi connectivity index (χ1n) is 14.7. The smallest absolute Gasteiger partial charge is 0.326 e. The first kappa shape index (κ1) is 34.0. The van der Waals surface area contributed by atoms with Crippen LogP contribution in [0.1, 0.15) is 23.1 Å². The zero-order chi connectivity index (χ0) is 34.1. The first-order valence-corrected chi connectivity index (χ1v) is 14.7. The Morgan fingerprint density at radius 2 is 1.21 bits per heavy atom. The van der Waals surface area contributed by atoms with Gasteiger partial charge in [-0.3, -0.25) is 19.2 Å². The maximum atomic E-state index is 13.6. The summed E-state index contributed by atoms with van der Waals surface area (Å²) in [5, 5.41) is 37.2. The summed E-state index contributed by atoms with van der Waals surface area (Å²) in [7, 11) is 0. The number of nitrogens with one attached hydrogen (secondary N) is 4. The van der Waals surface area contributed by atoms with Crippen molar-refractivity contribution in [2.75, 3.05) is 0 Å². The van der Waals surface area contributed by atoms with Crippen molar-refractivity contribution < 1.29 is 39.3 Å². The monoisotopic (exact) mass is 644 g/mol. The highest BCUT2D eigenvalue weighted by Gasteiger charge is 2.32. The van der Waals surface area contributed by atoms with Crippen LogP contribution >= 0.6 is 0 Å². The van der Waals surface area contributed by atoms with E-state index in [4.69, 9.17) is 11.5 Å². The Kier molecular flexibility index (Phi) is 11.1. The predicted octanol–water partition coefficient (Wildman–Crippen LogP) is 0.349. The second-order valence-electron chi connectivity index (χ2n) is 11.1. The van der Waals surface area contributed by atoms with Crippen molar-refractivity contribution in [2.24, 2.45) is 11.5 Å². The van der Waals surface area contributed by atoms with Crippen LogP contribution < -0.4 is 27.4 Å². The minimum absolute atomic E-state index is 0.00918. The van der Waals surface area contributed by atoms with Crippen LogP contribution in [0.3, 0.4) is 0 Å². The molecule has 1 heterocycles. The van der Waals surface area contributed by atoms with Gasteiger partial charge >= 0.3 is 5.97 Å². The Balaban J connectivity index is 1.54. The molecule has 4 aromatic rings. The minimum atomic E-state index is -1.50. The number of aliphatic carboxylic acids is 1. The van der Waals surface area contributed by atoms with Gasteiger partial charge in [0.25, 0.3) is 0 Å². The number of phenols is 2. The average molecular weight is 645 g/mol. The zero-order valence-electron chi connectivity index (χ0n) is 25.2. The topological polar surface area (TPSA) is 250 Å². The second kappa shape index (κ2) is 15.4. The van der Waals surface area contributed by atoms with E-state index in [0.717, 1.165) is 10.9 Å². The first-order chi connectivity index (χ1) is 22.4. The summed E-state index contributed by atoms with van der Waals surface area (Å²) in [5.41, 5.74) is 14.0. The highest BCUT2D eigenvalue weighted by atomic mass is 16.4. The quantitative estimate of drug-likeness (QED) is 0.0864. The summed E-state index contributed by atoms with van der Waals surface area (Å²) in [6, 6.07) is 13.7. The molecule has 1 aromatic heterocycles. The molecule has 14 heteroatoms. The summed E-state index contributed by atoms with van der Waals surface area (Å²) in [4.78, 5) is 67.3. The molecule has 0 saturated heterocycles. The van der Waals surface area contributed by atoms with Crippen LogP contribution in [0, 0.1) is 0 Å². The van der Waals surface area contributed by atoms with Crippen LogP contribution in [0.4, 0.5) is 0 Å². The fraction of sp³-hybridized carbons (Fsp3) is 0.242. The number of hydrogen-bond acceptors (Lipinski definition) is 8. The number of para-hydroxylation sites is 1. The van der Waals surface area contributed by atoms with Crippen LogP contribution in [0.15, 0.2) is 79.0 Å². The van der Waals surface area contributed by atoms with E-state index in [2.05, 4.69) is 20.9 Å². The number of carboxylic acids is 1. The lowest BCUT2D eigenvalue weighted by molar-refractivity contribution is -0.142. The molecule has 0 fully saturated rings. The fourth-order valence-corrected chi connectivity index (χ4v) is 5.01. The summed E-state index contributed by atoms with van der Waals surface area (Å²) in [5.74, 6) is -4.73. The summed E-state index contributed by atoms with van der Waals surface area (Å²) < 4.78 is 0. The third-order valence-electron chi connectivity index (χ3n) is 7.49. The molecule has 0 saturated carbocycles. The van der Waals surface area contributed by atoms with Gasteiger partial charge in [-0.15, -0.1) is 0 Å². The van der Waals surface area contributed by atoms with Crippen LogP contribution in [-0.2, 0) is 43.2 Å². The molecule has 47 heavy (non-hydrogen) atoms. The van der Waals surface area contributed by atoms with E-state index in [1.165, 1.54) is 36.4 Å². The molecule has 3 aromatic carbocycles. The molecule has 246 valence electrons. The van der Waals surface area contributed by atoms with Crippen molar-refractivity contribution >= 4 is 40.5 Å². The fourth-order valence-electron chi connectivity index (χ4n) is 5.01. The Morgan fingerprint density at radius 3 is 1.81 bits per heavy atom. The Hall–Kier alpha value is -5.89. The molecular formula is C33H36N6O8. The number of amides is 4. The van der Waals surface area contributed by atoms with Gasteiger partial charge in [-0.2, -0.15) is 0 Å². The number of fused-ring (bicyclic) bond motifs is 1. The Labute approximate surface area is 269 Å². The largest absolute Gasteiger partial charge is 0.508 e. The van der Waals surface area contributed by atoms with Crippen molar-refractivity contribution in [2.45, 2.75) is 49.9 Å². The molecule has 4 atom stereocenters. The molecule has 4 amide bonds. The Morgan fingerprint density at radius 1 is 0.681 bits per heavy atom. The predicted molar refractivity (Wildman–Crippen MR) is 171 cm³/mol. The molecular weight excluding hydrogens is 608 g/mol. The number of nitrogens with two attached hydrogens (primary N) is 2. The third-order valence-corrected chi connectivity index (χ3v) is 7.49. The lowest BCUT2D eigenvalue weighted by Gasteiger charge is -2.25. The van der Waals surface area contributed by atoms with Gasteiger partial charge in [-0.05, 0) is 53.4 Å². The van der Waals surface area contributed by atoms with Crippen molar-refractivity contribution in [1.82, 2.24) is 20.9 Å². The number of benzene rings is 3. The van der Waals surface area contributed by atoms with Crippen molar-refractivity contribution in [1.29, 1.82) is 0 Å². The SMILES string of the molecule is NC(=O)CC(NC(=O)C(N)Cc1ccc(O)cc1)C(=O)NC(Cc1c[nH]c2ccccc12)C(=O)NC(Cc1ccc(O)cc1)C(=O)O. The van der Waals surface area contributed by atoms with Crippen molar-refractivity contribution in [3.05, 3.63) is 95.7 Å². The maximum Gasteiger partial charge on any atom is 0.326 e. The van der Waals surface area contributed by atoms with Gasteiger partial charge in [0.05, 0.1) is 12.5 Å². The van der Waals surface area contributed by atoms with E-state index in [9.17, 15) is 39.3 Å². The molecule has 0 radical (unpaired) electrons. The normalized spacial score (nSPS) is 13.6. The van der Waals surface area contributed by atoms with Gasteiger partial charge in [0.1, 0.15) is 29.6 Å². The van der Waals surface area contributed by atoms with Gasteiger partial charge < -0.3 is 47.7 Å². The van der Waals surface area contributed by atoms with E-state index in [-0.39, 0.29) is 30.8 Å². The number of phenolic OH excluding ortho intramolecular Hbond substituents is 2. The maximum absolute atomic E-state index is 13.6. The van der Waals surface area contributed by atoms with Gasteiger partial charge in [0.2, 0.25) is 23.6 Å². The molecule has 4 rings (SSSR count). The summed E-state index contributed by atoms with van der Waals surface area (Å²) >= 11 is 0. The number of carbonyl (C=O) groups is 5. The van der Waals surface area contributed by atoms with E-state index in [1.807, 2.05) is 18.2 Å². The lowest BCUT2D eigenvalue weighted by Crippen LogP contribution is -2.58. The van der Waals surface area contributed by atoms with Gasteiger partial charge in [0.15, 0.2) is 0 Å². The molecule has 0 bridgehead atoms. The number of hydrogen-bond donors (Lipinski definition) is 9. The third kappa shape index (κ3) is 9.55. The van der Waals surface area contributed by atoms with Crippen LogP contribution in [0.5, 0.6) is 11.5 Å². The number of carbonyl (C=O) groups excluding carboxylic acids is 4. The number of aromatic amines is 1. The number of H-pyrrole nitrogens is 1. The highest BCUT2D eigenvalue weighted by molar-refractivity contribution is 5.96. The zero-order valence-corrected chi connectivity index (χ0v) is 25.2. The summed E-state index contributed by atoms with van der Waals surface area (Å²) in [6.07, 6.45) is 0.913. The number of aromatic hydroxyl groups is 2. The molecule has 0 aliphatic rings. The number of carboxylic acid groups (broad SMARTS) is 1. The lowest BCUT2D eigenvalue weighted by atomic mass is 10.0. The molecule has 0 aliphatic carbocycles. The van der Waals surface area contributed by atoms with Gasteiger partial charge in [-0.25, -0.2) is 4.79 Å². The van der Waals surface area contributed by atoms with E-state index in [1.54, 1.807) is 24.4 Å². The standard InChI is InChI=1S/C33H36N6O8/c34-24(13-18-5-9-21(40)10-6-18)30(43)37-27(16-29(35)42)32(45)38-26(15-20-17-36-25-4-2-1-3-23(20)25)31(44)39-28(33(46)47)14-19-7-11-22(41)12-8-19/h1-12,17,24,26-28,36,40-41H,13-16,34H2,(H2,35,42)(H,37,43)(H,38,45)(H,39,44)(H,46,47). The van der Waals surface area contributed by atoms with Crippen LogP contribution in [-0.4, -0.2) is 74.1 Å². The van der Waals surface area contributed by atoms with E-state index >= 15 is 0 Å². The Bertz CT molecular complexity index is 1740. The number of aromatic nitrogens is 1. The molecule has 14 nitrogen and oxygen atoms in total. The van der Waals surface area contributed by atoms with Gasteiger partial charge in [-0.1, -0.05) is 42.5 Å². The van der Waals surface area contributed by atoms with Crippen molar-refractivity contribution in [3.63, 3.8) is 0 Å². The minimum Gasteiger partial charge on any atom is -0.508 e. The second-order valence-corrected chi connectivity index (χ2v) is 11.1. The van der Waals surface area contributed by atoms with Crippen LogP contribution in [0.25, 0.3) is 10.9 Å². The summed E-state index contributed by atoms with van der Waals surface area (Å²) in [6.45, 7) is 0. The average Bonchev–Trinajstić information content (AvgIpc) is 3.44. The van der Waals surface area contributed by atoms with E-state index < -0.39 is 60.2 Å². The number of primary amides is 1.